The maximum atomic E-state index is 10.3. The molecule has 0 aromatic heterocycles. The third-order valence-electron chi connectivity index (χ3n) is 5.38. The maximum absolute atomic E-state index is 10.3. The van der Waals surface area contributed by atoms with Gasteiger partial charge in [0.2, 0.25) is 0 Å². The van der Waals surface area contributed by atoms with Crippen LogP contribution in [-0.4, -0.2) is 12.2 Å². The Bertz CT molecular complexity index is 997. The summed E-state index contributed by atoms with van der Waals surface area (Å²) in [6.07, 6.45) is 0. The van der Waals surface area contributed by atoms with Crippen molar-refractivity contribution in [3.05, 3.63) is 125 Å². The highest BCUT2D eigenvalue weighted by Crippen LogP contribution is 2.48. The van der Waals surface area contributed by atoms with E-state index >= 15 is 0 Å². The number of nitrogens with two attached hydrogens (primary N) is 1. The van der Waals surface area contributed by atoms with Crippen molar-refractivity contribution in [1.82, 2.24) is 0 Å². The molecule has 0 heterocycles. The molecule has 144 valence electrons. The number of ether oxygens (including phenoxy) is 1. The van der Waals surface area contributed by atoms with Crippen LogP contribution in [0.25, 0.3) is 0 Å². The zero-order valence-corrected chi connectivity index (χ0v) is 16.2. The van der Waals surface area contributed by atoms with E-state index in [0.717, 1.165) is 22.3 Å². The van der Waals surface area contributed by atoms with Crippen LogP contribution < -0.4 is 10.5 Å². The Balaban J connectivity index is 2.16. The standard InChI is InChI=1S/C26H23NO2/c1-29-24-18-22(17-23(27)25(24)28)26(19-11-5-2-6-12-19,20-13-7-3-8-14-20)21-15-9-4-10-16-21/h2-18,28H,27H2,1H3. The van der Waals surface area contributed by atoms with Crippen molar-refractivity contribution < 1.29 is 9.84 Å². The van der Waals surface area contributed by atoms with E-state index in [1.165, 1.54) is 7.11 Å². The molecule has 0 saturated carbocycles. The highest BCUT2D eigenvalue weighted by atomic mass is 16.5. The summed E-state index contributed by atoms with van der Waals surface area (Å²) in [4.78, 5) is 0. The van der Waals surface area contributed by atoms with Gasteiger partial charge >= 0.3 is 0 Å². The molecule has 0 aliphatic rings. The number of hydrogen-bond acceptors (Lipinski definition) is 3. The Labute approximate surface area is 171 Å². The molecular weight excluding hydrogens is 358 g/mol. The molecule has 3 nitrogen and oxygen atoms in total. The van der Waals surface area contributed by atoms with Crippen LogP contribution in [0.2, 0.25) is 0 Å². The zero-order chi connectivity index (χ0) is 20.3. The summed E-state index contributed by atoms with van der Waals surface area (Å²) in [6.45, 7) is 0. The summed E-state index contributed by atoms with van der Waals surface area (Å²) >= 11 is 0. The van der Waals surface area contributed by atoms with Crippen molar-refractivity contribution >= 4 is 5.69 Å². The number of aromatic hydroxyl groups is 1. The minimum absolute atomic E-state index is 0.0423. The van der Waals surface area contributed by atoms with Crippen LogP contribution in [0.15, 0.2) is 103 Å². The second-order valence-corrected chi connectivity index (χ2v) is 6.96. The van der Waals surface area contributed by atoms with E-state index in [1.54, 1.807) is 0 Å². The smallest absolute Gasteiger partial charge is 0.181 e. The van der Waals surface area contributed by atoms with Crippen LogP contribution in [0.1, 0.15) is 22.3 Å². The van der Waals surface area contributed by atoms with E-state index in [-0.39, 0.29) is 11.4 Å². The molecule has 4 aromatic carbocycles. The number of anilines is 1. The molecule has 29 heavy (non-hydrogen) atoms. The van der Waals surface area contributed by atoms with Crippen molar-refractivity contribution in [1.29, 1.82) is 0 Å². The summed E-state index contributed by atoms with van der Waals surface area (Å²) in [5, 5.41) is 10.3. The third kappa shape index (κ3) is 3.11. The van der Waals surface area contributed by atoms with Gasteiger partial charge in [-0.05, 0) is 34.4 Å². The van der Waals surface area contributed by atoms with E-state index in [0.29, 0.717) is 5.75 Å². The lowest BCUT2D eigenvalue weighted by atomic mass is 9.65. The van der Waals surface area contributed by atoms with Gasteiger partial charge in [-0.15, -0.1) is 0 Å². The number of hydrogen-bond donors (Lipinski definition) is 2. The number of benzene rings is 4. The molecule has 3 N–H and O–H groups in total. The molecule has 4 aromatic rings. The van der Waals surface area contributed by atoms with Crippen molar-refractivity contribution in [2.24, 2.45) is 0 Å². The molecular formula is C26H23NO2. The van der Waals surface area contributed by atoms with Gasteiger partial charge in [0.05, 0.1) is 18.2 Å². The number of nitrogen functional groups attached to an aromatic ring is 1. The molecule has 0 saturated heterocycles. The zero-order valence-electron chi connectivity index (χ0n) is 16.2. The fraction of sp³-hybridized carbons (Fsp3) is 0.0769. The number of methoxy groups -OCH3 is 1. The number of phenolic OH excluding ortho intramolecular Hbond substituents is 1. The first-order valence-electron chi connectivity index (χ1n) is 9.51. The average Bonchev–Trinajstić information content (AvgIpc) is 2.79. The van der Waals surface area contributed by atoms with Crippen LogP contribution in [0.4, 0.5) is 5.69 Å². The van der Waals surface area contributed by atoms with Crippen molar-refractivity contribution in [2.75, 3.05) is 12.8 Å². The fourth-order valence-corrected chi connectivity index (χ4v) is 4.07. The lowest BCUT2D eigenvalue weighted by Crippen LogP contribution is -2.31. The number of phenols is 1. The van der Waals surface area contributed by atoms with Gasteiger partial charge in [-0.25, -0.2) is 0 Å². The highest BCUT2D eigenvalue weighted by Gasteiger charge is 2.39. The van der Waals surface area contributed by atoms with E-state index in [4.69, 9.17) is 10.5 Å². The van der Waals surface area contributed by atoms with Gasteiger partial charge in [0.15, 0.2) is 11.5 Å². The van der Waals surface area contributed by atoms with Crippen LogP contribution in [-0.2, 0) is 5.41 Å². The van der Waals surface area contributed by atoms with E-state index in [1.807, 2.05) is 66.7 Å². The van der Waals surface area contributed by atoms with Crippen molar-refractivity contribution in [2.45, 2.75) is 5.41 Å². The minimum atomic E-state index is -0.626. The predicted octanol–water partition coefficient (Wildman–Crippen LogP) is 5.37. The van der Waals surface area contributed by atoms with Crippen molar-refractivity contribution in [3.8, 4) is 11.5 Å². The lowest BCUT2D eigenvalue weighted by Gasteiger charge is -2.37. The lowest BCUT2D eigenvalue weighted by molar-refractivity contribution is 0.374. The van der Waals surface area contributed by atoms with Crippen LogP contribution in [0, 0.1) is 0 Å². The van der Waals surface area contributed by atoms with Gasteiger partial charge in [0.1, 0.15) is 0 Å². The Kier molecular flexibility index (Phi) is 4.96. The van der Waals surface area contributed by atoms with Gasteiger partial charge < -0.3 is 15.6 Å². The molecule has 0 aliphatic carbocycles. The molecule has 0 amide bonds. The van der Waals surface area contributed by atoms with E-state index in [2.05, 4.69) is 36.4 Å². The molecule has 0 radical (unpaired) electrons. The molecule has 0 unspecified atom stereocenters. The van der Waals surface area contributed by atoms with Crippen LogP contribution >= 0.6 is 0 Å². The molecule has 3 heteroatoms. The highest BCUT2D eigenvalue weighted by molar-refractivity contribution is 5.68. The average molecular weight is 381 g/mol. The molecule has 0 atom stereocenters. The fourth-order valence-electron chi connectivity index (χ4n) is 4.07. The summed E-state index contributed by atoms with van der Waals surface area (Å²) in [7, 11) is 1.54. The minimum Gasteiger partial charge on any atom is -0.503 e. The number of rotatable bonds is 5. The first kappa shape index (κ1) is 18.6. The van der Waals surface area contributed by atoms with Crippen LogP contribution in [0.3, 0.4) is 0 Å². The SMILES string of the molecule is COc1cc(C(c2ccccc2)(c2ccccc2)c2ccccc2)cc(N)c1O. The Hall–Kier alpha value is -3.72. The molecule has 0 aliphatic heterocycles. The molecule has 0 bridgehead atoms. The second-order valence-electron chi connectivity index (χ2n) is 6.96. The summed E-state index contributed by atoms with van der Waals surface area (Å²) < 4.78 is 5.44. The van der Waals surface area contributed by atoms with Crippen molar-refractivity contribution in [3.63, 3.8) is 0 Å². The third-order valence-corrected chi connectivity index (χ3v) is 5.38. The predicted molar refractivity (Wildman–Crippen MR) is 117 cm³/mol. The van der Waals surface area contributed by atoms with Gasteiger partial charge in [-0.2, -0.15) is 0 Å². The Morgan fingerprint density at radius 3 is 1.45 bits per heavy atom. The first-order chi connectivity index (χ1) is 14.2. The van der Waals surface area contributed by atoms with Gasteiger partial charge in [-0.3, -0.25) is 0 Å². The largest absolute Gasteiger partial charge is 0.503 e. The van der Waals surface area contributed by atoms with Gasteiger partial charge in [-0.1, -0.05) is 91.0 Å². The Morgan fingerprint density at radius 2 is 1.07 bits per heavy atom. The van der Waals surface area contributed by atoms with Crippen LogP contribution in [0.5, 0.6) is 11.5 Å². The summed E-state index contributed by atoms with van der Waals surface area (Å²) in [6, 6.07) is 34.7. The van der Waals surface area contributed by atoms with Gasteiger partial charge in [0.25, 0.3) is 0 Å². The van der Waals surface area contributed by atoms with E-state index < -0.39 is 5.41 Å². The van der Waals surface area contributed by atoms with E-state index in [9.17, 15) is 5.11 Å². The monoisotopic (exact) mass is 381 g/mol. The maximum Gasteiger partial charge on any atom is 0.181 e. The summed E-state index contributed by atoms with van der Waals surface area (Å²) in [5.41, 5.74) is 10.1. The first-order valence-corrected chi connectivity index (χ1v) is 9.51. The molecule has 4 rings (SSSR count). The molecule has 0 fully saturated rings. The molecule has 0 spiro atoms. The topological polar surface area (TPSA) is 55.5 Å². The normalized spacial score (nSPS) is 11.2. The second kappa shape index (κ2) is 7.72. The Morgan fingerprint density at radius 1 is 0.655 bits per heavy atom. The quantitative estimate of drug-likeness (QED) is 0.278. The van der Waals surface area contributed by atoms with Gasteiger partial charge in [0, 0.05) is 0 Å². The summed E-state index contributed by atoms with van der Waals surface area (Å²) in [5.74, 6) is 0.312.